The molecule has 0 aliphatic heterocycles. The first-order valence-corrected chi connectivity index (χ1v) is 7.95. The van der Waals surface area contributed by atoms with E-state index in [0.29, 0.717) is 6.54 Å². The Labute approximate surface area is 109 Å². The van der Waals surface area contributed by atoms with Gasteiger partial charge in [-0.05, 0) is 25.5 Å². The van der Waals surface area contributed by atoms with Crippen molar-refractivity contribution in [1.29, 1.82) is 0 Å². The van der Waals surface area contributed by atoms with Crippen LogP contribution in [0.15, 0.2) is 18.2 Å². The van der Waals surface area contributed by atoms with Crippen LogP contribution in [-0.2, 0) is 9.84 Å². The van der Waals surface area contributed by atoms with Gasteiger partial charge in [0.25, 0.3) is 0 Å². The Hall–Kier alpha value is -1.07. The van der Waals surface area contributed by atoms with Gasteiger partial charge >= 0.3 is 0 Å². The summed E-state index contributed by atoms with van der Waals surface area (Å²) in [5, 5.41) is 3.19. The van der Waals surface area contributed by atoms with E-state index in [-0.39, 0.29) is 11.8 Å². The van der Waals surface area contributed by atoms with E-state index >= 15 is 0 Å². The van der Waals surface area contributed by atoms with E-state index < -0.39 is 9.84 Å². The molecule has 1 rings (SSSR count). The lowest BCUT2D eigenvalue weighted by Gasteiger charge is -2.17. The van der Waals surface area contributed by atoms with Crippen molar-refractivity contribution in [3.8, 4) is 5.75 Å². The summed E-state index contributed by atoms with van der Waals surface area (Å²) < 4.78 is 27.4. The summed E-state index contributed by atoms with van der Waals surface area (Å²) in [7, 11) is -1.28. The van der Waals surface area contributed by atoms with Crippen LogP contribution in [0.25, 0.3) is 0 Å². The topological polar surface area (TPSA) is 55.4 Å². The number of benzene rings is 1. The monoisotopic (exact) mass is 271 g/mol. The van der Waals surface area contributed by atoms with Crippen molar-refractivity contribution in [2.75, 3.05) is 25.7 Å². The molecule has 0 radical (unpaired) electrons. The molecular formula is C13H21NO3S. The van der Waals surface area contributed by atoms with Gasteiger partial charge in [-0.2, -0.15) is 0 Å². The Morgan fingerprint density at radius 2 is 2.06 bits per heavy atom. The molecule has 1 aromatic carbocycles. The highest BCUT2D eigenvalue weighted by Gasteiger charge is 2.11. The Morgan fingerprint density at radius 3 is 2.61 bits per heavy atom. The quantitative estimate of drug-likeness (QED) is 0.855. The minimum absolute atomic E-state index is 0.0577. The molecular weight excluding hydrogens is 250 g/mol. The second-order valence-electron chi connectivity index (χ2n) is 4.55. The Morgan fingerprint density at radius 1 is 1.39 bits per heavy atom. The molecule has 0 fully saturated rings. The van der Waals surface area contributed by atoms with Crippen LogP contribution < -0.4 is 10.1 Å². The predicted octanol–water partition coefficient (Wildman–Crippen LogP) is 1.70. The molecule has 102 valence electrons. The molecule has 0 saturated heterocycles. The minimum atomic E-state index is -2.92. The van der Waals surface area contributed by atoms with Crippen LogP contribution in [-0.4, -0.2) is 34.1 Å². The molecule has 1 aromatic rings. The molecule has 0 amide bonds. The first kappa shape index (κ1) is 15.0. The SMILES string of the molecule is COc1cc(C)ccc1C(C)NCCS(C)(=O)=O. The van der Waals surface area contributed by atoms with Crippen LogP contribution in [0, 0.1) is 6.92 Å². The van der Waals surface area contributed by atoms with Gasteiger partial charge < -0.3 is 10.1 Å². The van der Waals surface area contributed by atoms with Crippen LogP contribution in [0.4, 0.5) is 0 Å². The van der Waals surface area contributed by atoms with Gasteiger partial charge in [-0.15, -0.1) is 0 Å². The van der Waals surface area contributed by atoms with Gasteiger partial charge in [0, 0.05) is 24.4 Å². The van der Waals surface area contributed by atoms with Crippen LogP contribution in [0.1, 0.15) is 24.1 Å². The van der Waals surface area contributed by atoms with Crippen LogP contribution in [0.2, 0.25) is 0 Å². The summed E-state index contributed by atoms with van der Waals surface area (Å²) in [4.78, 5) is 0. The maximum Gasteiger partial charge on any atom is 0.148 e. The summed E-state index contributed by atoms with van der Waals surface area (Å²) in [5.74, 6) is 0.972. The van der Waals surface area contributed by atoms with Crippen molar-refractivity contribution >= 4 is 9.84 Å². The van der Waals surface area contributed by atoms with Gasteiger partial charge in [-0.3, -0.25) is 0 Å². The molecule has 0 aromatic heterocycles. The van der Waals surface area contributed by atoms with Gasteiger partial charge in [0.1, 0.15) is 15.6 Å². The van der Waals surface area contributed by atoms with E-state index in [1.54, 1.807) is 7.11 Å². The third kappa shape index (κ3) is 4.66. The first-order chi connectivity index (χ1) is 8.33. The number of hydrogen-bond donors (Lipinski definition) is 1. The Bertz CT molecular complexity index is 497. The second-order valence-corrected chi connectivity index (χ2v) is 6.81. The van der Waals surface area contributed by atoms with E-state index in [1.807, 2.05) is 32.0 Å². The van der Waals surface area contributed by atoms with E-state index in [9.17, 15) is 8.42 Å². The predicted molar refractivity (Wildman–Crippen MR) is 73.9 cm³/mol. The number of nitrogens with one attached hydrogen (secondary N) is 1. The first-order valence-electron chi connectivity index (χ1n) is 5.89. The van der Waals surface area contributed by atoms with Gasteiger partial charge in [-0.1, -0.05) is 12.1 Å². The number of sulfone groups is 1. The van der Waals surface area contributed by atoms with Crippen LogP contribution >= 0.6 is 0 Å². The average Bonchev–Trinajstić information content (AvgIpc) is 2.26. The third-order valence-corrected chi connectivity index (χ3v) is 3.72. The number of methoxy groups -OCH3 is 1. The third-order valence-electron chi connectivity index (χ3n) is 2.78. The Balaban J connectivity index is 2.69. The van der Waals surface area contributed by atoms with Crippen molar-refractivity contribution in [2.45, 2.75) is 19.9 Å². The van der Waals surface area contributed by atoms with Crippen molar-refractivity contribution < 1.29 is 13.2 Å². The number of rotatable bonds is 6. The largest absolute Gasteiger partial charge is 0.496 e. The molecule has 5 heteroatoms. The van der Waals surface area contributed by atoms with Crippen molar-refractivity contribution in [2.24, 2.45) is 0 Å². The van der Waals surface area contributed by atoms with Gasteiger partial charge in [0.15, 0.2) is 0 Å². The number of hydrogen-bond acceptors (Lipinski definition) is 4. The summed E-state index contributed by atoms with van der Waals surface area (Å²) in [5.41, 5.74) is 2.18. The van der Waals surface area contributed by atoms with Crippen LogP contribution in [0.3, 0.4) is 0 Å². The van der Waals surface area contributed by atoms with Crippen LogP contribution in [0.5, 0.6) is 5.75 Å². The van der Waals surface area contributed by atoms with E-state index in [2.05, 4.69) is 5.32 Å². The lowest BCUT2D eigenvalue weighted by Crippen LogP contribution is -2.25. The zero-order valence-electron chi connectivity index (χ0n) is 11.4. The smallest absolute Gasteiger partial charge is 0.148 e. The summed E-state index contributed by atoms with van der Waals surface area (Å²) in [6, 6.07) is 6.06. The summed E-state index contributed by atoms with van der Waals surface area (Å²) in [6.45, 7) is 4.44. The number of ether oxygens (including phenoxy) is 1. The highest BCUT2D eigenvalue weighted by Crippen LogP contribution is 2.25. The summed E-state index contributed by atoms with van der Waals surface area (Å²) >= 11 is 0. The van der Waals surface area contributed by atoms with E-state index in [4.69, 9.17) is 4.74 Å². The molecule has 0 spiro atoms. The van der Waals surface area contributed by atoms with Gasteiger partial charge in [0.05, 0.1) is 12.9 Å². The van der Waals surface area contributed by atoms with Crippen molar-refractivity contribution in [1.82, 2.24) is 5.32 Å². The molecule has 1 atom stereocenters. The maximum atomic E-state index is 11.1. The average molecular weight is 271 g/mol. The van der Waals surface area contributed by atoms with E-state index in [0.717, 1.165) is 16.9 Å². The fourth-order valence-electron chi connectivity index (χ4n) is 1.75. The zero-order chi connectivity index (χ0) is 13.8. The maximum absolute atomic E-state index is 11.1. The molecule has 1 N–H and O–H groups in total. The fraction of sp³-hybridized carbons (Fsp3) is 0.538. The van der Waals surface area contributed by atoms with Crippen molar-refractivity contribution in [3.05, 3.63) is 29.3 Å². The molecule has 0 saturated carbocycles. The number of aryl methyl sites for hydroxylation is 1. The highest BCUT2D eigenvalue weighted by molar-refractivity contribution is 7.90. The molecule has 0 aliphatic rings. The molecule has 0 heterocycles. The standard InChI is InChI=1S/C13H21NO3S/c1-10-5-6-12(13(9-10)17-3)11(2)14-7-8-18(4,15)16/h5-6,9,11,14H,7-8H2,1-4H3. The van der Waals surface area contributed by atoms with Gasteiger partial charge in [0.2, 0.25) is 0 Å². The lowest BCUT2D eigenvalue weighted by atomic mass is 10.1. The second kappa shape index (κ2) is 6.20. The Kier molecular flexibility index (Phi) is 5.16. The molecule has 0 bridgehead atoms. The van der Waals surface area contributed by atoms with Gasteiger partial charge in [-0.25, -0.2) is 8.42 Å². The zero-order valence-corrected chi connectivity index (χ0v) is 12.2. The lowest BCUT2D eigenvalue weighted by molar-refractivity contribution is 0.402. The molecule has 1 unspecified atom stereocenters. The fourth-order valence-corrected chi connectivity index (χ4v) is 2.24. The molecule has 4 nitrogen and oxygen atoms in total. The summed E-state index contributed by atoms with van der Waals surface area (Å²) in [6.07, 6.45) is 1.24. The normalized spacial score (nSPS) is 13.3. The van der Waals surface area contributed by atoms with E-state index in [1.165, 1.54) is 6.26 Å². The highest BCUT2D eigenvalue weighted by atomic mass is 32.2. The minimum Gasteiger partial charge on any atom is -0.496 e. The van der Waals surface area contributed by atoms with Crippen molar-refractivity contribution in [3.63, 3.8) is 0 Å². The molecule has 0 aliphatic carbocycles. The molecule has 18 heavy (non-hydrogen) atoms.